The number of ether oxygens (including phenoxy) is 1. The second-order valence-corrected chi connectivity index (χ2v) is 6.25. The largest absolute Gasteiger partial charge is 0.463 e. The van der Waals surface area contributed by atoms with E-state index in [0.29, 0.717) is 17.8 Å². The minimum Gasteiger partial charge on any atom is -0.463 e. The maximum Gasteiger partial charge on any atom is 0.338 e. The number of benzene rings is 2. The van der Waals surface area contributed by atoms with Crippen molar-refractivity contribution in [1.29, 1.82) is 0 Å². The van der Waals surface area contributed by atoms with Gasteiger partial charge in [0.05, 0.1) is 30.5 Å². The summed E-state index contributed by atoms with van der Waals surface area (Å²) in [5.74, 6) is -0.435. The van der Waals surface area contributed by atoms with Gasteiger partial charge in [-0.05, 0) is 24.6 Å². The van der Waals surface area contributed by atoms with Crippen LogP contribution in [0.4, 0.5) is 10.5 Å². The van der Waals surface area contributed by atoms with Gasteiger partial charge < -0.3 is 20.3 Å². The number of urea groups is 1. The van der Waals surface area contributed by atoms with Gasteiger partial charge in [-0.3, -0.25) is 0 Å². The summed E-state index contributed by atoms with van der Waals surface area (Å²) in [4.78, 5) is 27.0. The summed E-state index contributed by atoms with van der Waals surface area (Å²) in [6, 6.07) is 18.3. The second kappa shape index (κ2) is 8.40. The van der Waals surface area contributed by atoms with Crippen LogP contribution >= 0.6 is 0 Å². The Balaban J connectivity index is 2.00. The highest BCUT2D eigenvalue weighted by molar-refractivity contribution is 5.95. The fraction of sp³-hybridized carbons (Fsp3) is 0.238. The highest BCUT2D eigenvalue weighted by atomic mass is 16.5. The maximum atomic E-state index is 12.7. The predicted octanol–water partition coefficient (Wildman–Crippen LogP) is 2.99. The summed E-state index contributed by atoms with van der Waals surface area (Å²) in [6.45, 7) is 2.40. The van der Waals surface area contributed by atoms with Crippen LogP contribution in [0.3, 0.4) is 0 Å². The second-order valence-electron chi connectivity index (χ2n) is 6.25. The van der Waals surface area contributed by atoms with Crippen molar-refractivity contribution in [2.75, 3.05) is 25.1 Å². The third-order valence-electron chi connectivity index (χ3n) is 4.37. The molecule has 6 heteroatoms. The standard InChI is InChI=1S/C21H23N3O3/c1-3-27-20(25)18-17(14-24(2)16-12-8-5-9-13-16)22-21(26)23-19(18)15-10-6-4-7-11-15/h4-13,19H,3,14H2,1-2H3,(H2,22,23,26). The molecule has 0 saturated carbocycles. The molecule has 2 amide bonds. The molecular formula is C21H23N3O3. The molecule has 0 radical (unpaired) electrons. The molecule has 2 N–H and O–H groups in total. The van der Waals surface area contributed by atoms with Crippen molar-refractivity contribution >= 4 is 17.7 Å². The van der Waals surface area contributed by atoms with Crippen LogP contribution in [-0.4, -0.2) is 32.2 Å². The molecule has 6 nitrogen and oxygen atoms in total. The van der Waals surface area contributed by atoms with Gasteiger partial charge in [0, 0.05) is 12.7 Å². The van der Waals surface area contributed by atoms with E-state index < -0.39 is 12.0 Å². The van der Waals surface area contributed by atoms with Gasteiger partial charge in [0.1, 0.15) is 0 Å². The van der Waals surface area contributed by atoms with Crippen LogP contribution in [0.2, 0.25) is 0 Å². The SMILES string of the molecule is CCOC(=O)C1=C(CN(C)c2ccccc2)NC(=O)NC1c1ccccc1. The van der Waals surface area contributed by atoms with Gasteiger partial charge in [-0.25, -0.2) is 9.59 Å². The summed E-state index contributed by atoms with van der Waals surface area (Å²) >= 11 is 0. The molecule has 140 valence electrons. The number of amides is 2. The lowest BCUT2D eigenvalue weighted by Crippen LogP contribution is -2.48. The van der Waals surface area contributed by atoms with E-state index in [9.17, 15) is 9.59 Å². The van der Waals surface area contributed by atoms with E-state index in [-0.39, 0.29) is 12.6 Å². The molecule has 0 bridgehead atoms. The quantitative estimate of drug-likeness (QED) is 0.772. The van der Waals surface area contributed by atoms with Gasteiger partial charge in [-0.1, -0.05) is 48.5 Å². The van der Waals surface area contributed by atoms with Gasteiger partial charge in [-0.2, -0.15) is 0 Å². The number of nitrogens with one attached hydrogen (secondary N) is 2. The number of anilines is 1. The molecule has 0 aromatic heterocycles. The van der Waals surface area contributed by atoms with E-state index in [0.717, 1.165) is 11.3 Å². The third-order valence-corrected chi connectivity index (χ3v) is 4.37. The lowest BCUT2D eigenvalue weighted by Gasteiger charge is -2.31. The van der Waals surface area contributed by atoms with Crippen molar-refractivity contribution in [3.63, 3.8) is 0 Å². The van der Waals surface area contributed by atoms with Crippen LogP contribution in [-0.2, 0) is 9.53 Å². The molecular weight excluding hydrogens is 342 g/mol. The number of rotatable bonds is 6. The number of likely N-dealkylation sites (N-methyl/N-ethyl adjacent to an activating group) is 1. The van der Waals surface area contributed by atoms with Gasteiger partial charge in [0.25, 0.3) is 0 Å². The molecule has 2 aromatic carbocycles. The molecule has 0 spiro atoms. The molecule has 3 rings (SSSR count). The number of hydrogen-bond donors (Lipinski definition) is 2. The van der Waals surface area contributed by atoms with E-state index in [4.69, 9.17) is 4.74 Å². The monoisotopic (exact) mass is 365 g/mol. The molecule has 0 fully saturated rings. The molecule has 1 heterocycles. The van der Waals surface area contributed by atoms with Crippen LogP contribution in [0.25, 0.3) is 0 Å². The molecule has 0 saturated heterocycles. The highest BCUT2D eigenvalue weighted by Gasteiger charge is 2.33. The predicted molar refractivity (Wildman–Crippen MR) is 104 cm³/mol. The first-order valence-electron chi connectivity index (χ1n) is 8.89. The van der Waals surface area contributed by atoms with E-state index >= 15 is 0 Å². The van der Waals surface area contributed by atoms with E-state index in [1.807, 2.05) is 72.6 Å². The number of nitrogens with zero attached hydrogens (tertiary/aromatic N) is 1. The molecule has 27 heavy (non-hydrogen) atoms. The number of carbonyl (C=O) groups excluding carboxylic acids is 2. The van der Waals surface area contributed by atoms with Gasteiger partial charge >= 0.3 is 12.0 Å². The Morgan fingerprint density at radius 1 is 1.07 bits per heavy atom. The maximum absolute atomic E-state index is 12.7. The normalized spacial score (nSPS) is 16.4. The molecule has 1 aliphatic rings. The Morgan fingerprint density at radius 3 is 2.33 bits per heavy atom. The minimum absolute atomic E-state index is 0.263. The summed E-state index contributed by atoms with van der Waals surface area (Å²) in [6.07, 6.45) is 0. The number of esters is 1. The fourth-order valence-electron chi connectivity index (χ4n) is 3.10. The third kappa shape index (κ3) is 4.28. The zero-order valence-corrected chi connectivity index (χ0v) is 15.4. The average Bonchev–Trinajstić information content (AvgIpc) is 2.69. The number of para-hydroxylation sites is 1. The van der Waals surface area contributed by atoms with Gasteiger partial charge in [0.15, 0.2) is 0 Å². The first-order chi connectivity index (χ1) is 13.1. The average molecular weight is 365 g/mol. The zero-order valence-electron chi connectivity index (χ0n) is 15.4. The lowest BCUT2D eigenvalue weighted by molar-refractivity contribution is -0.139. The Morgan fingerprint density at radius 2 is 1.70 bits per heavy atom. The van der Waals surface area contributed by atoms with Gasteiger partial charge in [-0.15, -0.1) is 0 Å². The highest BCUT2D eigenvalue weighted by Crippen LogP contribution is 2.28. The molecule has 1 unspecified atom stereocenters. The first-order valence-corrected chi connectivity index (χ1v) is 8.89. The summed E-state index contributed by atoms with van der Waals surface area (Å²) < 4.78 is 5.28. The smallest absolute Gasteiger partial charge is 0.338 e. The summed E-state index contributed by atoms with van der Waals surface area (Å²) in [5, 5.41) is 5.63. The minimum atomic E-state index is -0.557. The summed E-state index contributed by atoms with van der Waals surface area (Å²) in [7, 11) is 1.91. The van der Waals surface area contributed by atoms with Crippen LogP contribution in [0.1, 0.15) is 18.5 Å². The molecule has 0 aliphatic carbocycles. The summed E-state index contributed by atoms with van der Waals surface area (Å²) in [5.41, 5.74) is 2.77. The fourth-order valence-corrected chi connectivity index (χ4v) is 3.10. The number of hydrogen-bond acceptors (Lipinski definition) is 4. The Labute approximate surface area is 158 Å². The van der Waals surface area contributed by atoms with Crippen molar-refractivity contribution in [3.8, 4) is 0 Å². The number of carbonyl (C=O) groups is 2. The molecule has 1 aliphatic heterocycles. The van der Waals surface area contributed by atoms with Crippen molar-refractivity contribution < 1.29 is 14.3 Å². The van der Waals surface area contributed by atoms with Gasteiger partial charge in [0.2, 0.25) is 0 Å². The Kier molecular flexibility index (Phi) is 5.76. The Hall–Kier alpha value is -3.28. The van der Waals surface area contributed by atoms with Crippen molar-refractivity contribution in [1.82, 2.24) is 10.6 Å². The molecule has 1 atom stereocenters. The first kappa shape index (κ1) is 18.5. The van der Waals surface area contributed by atoms with Crippen LogP contribution in [0.5, 0.6) is 0 Å². The Bertz CT molecular complexity index is 834. The van der Waals surface area contributed by atoms with E-state index in [1.54, 1.807) is 6.92 Å². The van der Waals surface area contributed by atoms with Crippen LogP contribution in [0.15, 0.2) is 71.9 Å². The van der Waals surface area contributed by atoms with Crippen molar-refractivity contribution in [2.45, 2.75) is 13.0 Å². The van der Waals surface area contributed by atoms with Crippen molar-refractivity contribution in [2.24, 2.45) is 0 Å². The zero-order chi connectivity index (χ0) is 19.2. The molecule has 2 aromatic rings. The van der Waals surface area contributed by atoms with Crippen LogP contribution < -0.4 is 15.5 Å². The van der Waals surface area contributed by atoms with Crippen molar-refractivity contribution in [3.05, 3.63) is 77.5 Å². The van der Waals surface area contributed by atoms with E-state index in [2.05, 4.69) is 10.6 Å². The topological polar surface area (TPSA) is 70.7 Å². The lowest BCUT2D eigenvalue weighted by atomic mass is 9.95. The van der Waals surface area contributed by atoms with Crippen LogP contribution in [0, 0.1) is 0 Å². The van der Waals surface area contributed by atoms with E-state index in [1.165, 1.54) is 0 Å².